The van der Waals surface area contributed by atoms with Crippen LogP contribution in [-0.2, 0) is 0 Å². The fraction of sp³-hybridized carbons (Fsp3) is 0.500. The van der Waals surface area contributed by atoms with Gasteiger partial charge in [-0.3, -0.25) is 10.5 Å². The van der Waals surface area contributed by atoms with Crippen LogP contribution >= 0.6 is 0 Å². The Balaban J connectivity index is 2.61. The van der Waals surface area contributed by atoms with Crippen molar-refractivity contribution in [3.05, 3.63) is 34.9 Å². The van der Waals surface area contributed by atoms with Gasteiger partial charge in [-0.25, -0.2) is 5.43 Å². The Morgan fingerprint density at radius 1 is 1.29 bits per heavy atom. The van der Waals surface area contributed by atoms with Crippen LogP contribution in [0, 0.1) is 13.8 Å². The van der Waals surface area contributed by atoms with E-state index >= 15 is 0 Å². The number of aromatic nitrogens is 4. The molecule has 0 saturated heterocycles. The molecule has 2 heterocycles. The second kappa shape index (κ2) is 6.19. The molecule has 0 fully saturated rings. The molecule has 114 valence electrons. The first kappa shape index (κ1) is 15.4. The summed E-state index contributed by atoms with van der Waals surface area (Å²) >= 11 is 0. The molecule has 0 amide bonds. The van der Waals surface area contributed by atoms with E-state index in [0.717, 1.165) is 22.6 Å². The van der Waals surface area contributed by atoms with E-state index in [0.29, 0.717) is 5.75 Å². The first-order chi connectivity index (χ1) is 9.99. The van der Waals surface area contributed by atoms with Crippen LogP contribution in [0.1, 0.15) is 48.6 Å². The number of nitrogens with zero attached hydrogens (tertiary/aromatic N) is 4. The van der Waals surface area contributed by atoms with E-state index in [1.807, 2.05) is 24.6 Å². The highest BCUT2D eigenvalue weighted by molar-refractivity contribution is 5.38. The predicted octanol–water partition coefficient (Wildman–Crippen LogP) is 1.43. The third kappa shape index (κ3) is 2.88. The van der Waals surface area contributed by atoms with Gasteiger partial charge in [0.25, 0.3) is 0 Å². The van der Waals surface area contributed by atoms with Crippen LogP contribution in [0.25, 0.3) is 0 Å². The van der Waals surface area contributed by atoms with Crippen molar-refractivity contribution in [2.75, 3.05) is 7.11 Å². The highest BCUT2D eigenvalue weighted by Crippen LogP contribution is 2.32. The third-order valence-electron chi connectivity index (χ3n) is 3.40. The first-order valence-electron chi connectivity index (χ1n) is 6.88. The number of hydrogen-bond donors (Lipinski definition) is 2. The van der Waals surface area contributed by atoms with Crippen LogP contribution in [0.3, 0.4) is 0 Å². The first-order valence-corrected chi connectivity index (χ1v) is 6.88. The summed E-state index contributed by atoms with van der Waals surface area (Å²) in [6.07, 6.45) is 1.70. The van der Waals surface area contributed by atoms with Gasteiger partial charge in [0, 0.05) is 11.6 Å². The van der Waals surface area contributed by atoms with Crippen LogP contribution in [0.2, 0.25) is 0 Å². The molecule has 2 rings (SSSR count). The van der Waals surface area contributed by atoms with E-state index in [1.165, 1.54) is 0 Å². The van der Waals surface area contributed by atoms with Gasteiger partial charge in [0.15, 0.2) is 5.75 Å². The maximum atomic E-state index is 5.81. The summed E-state index contributed by atoms with van der Waals surface area (Å²) in [4.78, 5) is 0. The molecule has 2 aromatic heterocycles. The fourth-order valence-corrected chi connectivity index (χ4v) is 2.38. The molecular formula is C14H22N6O. The molecule has 0 aliphatic heterocycles. The lowest BCUT2D eigenvalue weighted by Crippen LogP contribution is -2.32. The van der Waals surface area contributed by atoms with Crippen LogP contribution in [0.15, 0.2) is 12.3 Å². The molecule has 1 unspecified atom stereocenters. The molecule has 0 aliphatic rings. The van der Waals surface area contributed by atoms with Crippen LogP contribution in [0.4, 0.5) is 0 Å². The molecule has 7 nitrogen and oxygen atoms in total. The Morgan fingerprint density at radius 2 is 2.00 bits per heavy atom. The molecule has 3 N–H and O–H groups in total. The molecule has 0 aliphatic carbocycles. The standard InChI is InChI=1S/C14H22N6O/c1-8(2)20-14(12(21-5)7-16-20)13(17-15)11-6-9(3)18-19-10(11)4/h6-8,13,17H,15H2,1-5H3. The van der Waals surface area contributed by atoms with Crippen molar-refractivity contribution in [3.8, 4) is 5.75 Å². The van der Waals surface area contributed by atoms with E-state index in [1.54, 1.807) is 13.3 Å². The molecule has 21 heavy (non-hydrogen) atoms. The van der Waals surface area contributed by atoms with Gasteiger partial charge >= 0.3 is 0 Å². The number of nitrogens with two attached hydrogens (primary N) is 1. The Morgan fingerprint density at radius 3 is 2.57 bits per heavy atom. The Labute approximate surface area is 124 Å². The van der Waals surface area contributed by atoms with Crippen molar-refractivity contribution < 1.29 is 4.74 Å². The van der Waals surface area contributed by atoms with Gasteiger partial charge in [-0.05, 0) is 33.8 Å². The van der Waals surface area contributed by atoms with E-state index in [2.05, 4.69) is 34.6 Å². The number of aryl methyl sites for hydroxylation is 2. The number of hydrazine groups is 1. The number of ether oxygens (including phenoxy) is 1. The second-order valence-electron chi connectivity index (χ2n) is 5.26. The van der Waals surface area contributed by atoms with E-state index in [9.17, 15) is 0 Å². The van der Waals surface area contributed by atoms with Gasteiger partial charge < -0.3 is 4.74 Å². The molecule has 0 aromatic carbocycles. The molecule has 7 heteroatoms. The molecule has 0 bridgehead atoms. The van der Waals surface area contributed by atoms with Crippen molar-refractivity contribution in [3.63, 3.8) is 0 Å². The molecular weight excluding hydrogens is 268 g/mol. The quantitative estimate of drug-likeness (QED) is 0.639. The molecule has 0 saturated carbocycles. The normalized spacial score (nSPS) is 12.7. The van der Waals surface area contributed by atoms with Crippen LogP contribution in [-0.4, -0.2) is 27.1 Å². The number of rotatable bonds is 5. The van der Waals surface area contributed by atoms with Gasteiger partial charge in [0.05, 0.1) is 30.7 Å². The maximum absolute atomic E-state index is 5.81. The molecule has 0 radical (unpaired) electrons. The summed E-state index contributed by atoms with van der Waals surface area (Å²) < 4.78 is 7.34. The Kier molecular flexibility index (Phi) is 4.54. The predicted molar refractivity (Wildman–Crippen MR) is 79.8 cm³/mol. The zero-order valence-electron chi connectivity index (χ0n) is 13.1. The SMILES string of the molecule is COc1cnn(C(C)C)c1C(NN)c1cc(C)nnc1C. The summed E-state index contributed by atoms with van der Waals surface area (Å²) in [7, 11) is 1.63. The van der Waals surface area contributed by atoms with Crippen molar-refractivity contribution in [1.82, 2.24) is 25.4 Å². The number of hydrogen-bond acceptors (Lipinski definition) is 6. The van der Waals surface area contributed by atoms with Gasteiger partial charge in [0.1, 0.15) is 5.69 Å². The maximum Gasteiger partial charge on any atom is 0.161 e. The highest BCUT2D eigenvalue weighted by Gasteiger charge is 2.25. The highest BCUT2D eigenvalue weighted by atomic mass is 16.5. The van der Waals surface area contributed by atoms with Crippen LogP contribution < -0.4 is 16.0 Å². The van der Waals surface area contributed by atoms with Crippen molar-refractivity contribution in [2.45, 2.75) is 39.8 Å². The topological polar surface area (TPSA) is 90.9 Å². The van der Waals surface area contributed by atoms with Gasteiger partial charge in [0.2, 0.25) is 0 Å². The van der Waals surface area contributed by atoms with Crippen LogP contribution in [0.5, 0.6) is 5.75 Å². The zero-order chi connectivity index (χ0) is 15.6. The molecule has 1 atom stereocenters. The monoisotopic (exact) mass is 290 g/mol. The lowest BCUT2D eigenvalue weighted by molar-refractivity contribution is 0.393. The van der Waals surface area contributed by atoms with Gasteiger partial charge in [-0.2, -0.15) is 15.3 Å². The molecule has 2 aromatic rings. The summed E-state index contributed by atoms with van der Waals surface area (Å²) in [5.74, 6) is 6.51. The minimum absolute atomic E-state index is 0.191. The summed E-state index contributed by atoms with van der Waals surface area (Å²) in [6, 6.07) is 1.90. The Hall–Kier alpha value is -1.99. The smallest absolute Gasteiger partial charge is 0.161 e. The van der Waals surface area contributed by atoms with E-state index in [4.69, 9.17) is 10.6 Å². The van der Waals surface area contributed by atoms with Crippen molar-refractivity contribution in [1.29, 1.82) is 0 Å². The lowest BCUT2D eigenvalue weighted by Gasteiger charge is -2.22. The summed E-state index contributed by atoms with van der Waals surface area (Å²) in [6.45, 7) is 7.94. The van der Waals surface area contributed by atoms with E-state index < -0.39 is 0 Å². The van der Waals surface area contributed by atoms with Gasteiger partial charge in [-0.15, -0.1) is 0 Å². The number of nitrogens with one attached hydrogen (secondary N) is 1. The van der Waals surface area contributed by atoms with Crippen molar-refractivity contribution in [2.24, 2.45) is 5.84 Å². The minimum Gasteiger partial charge on any atom is -0.493 e. The summed E-state index contributed by atoms with van der Waals surface area (Å²) in [5.41, 5.74) is 6.35. The Bertz CT molecular complexity index is 622. The lowest BCUT2D eigenvalue weighted by atomic mass is 10.0. The summed E-state index contributed by atoms with van der Waals surface area (Å²) in [5, 5.41) is 12.6. The second-order valence-corrected chi connectivity index (χ2v) is 5.26. The largest absolute Gasteiger partial charge is 0.493 e. The average molecular weight is 290 g/mol. The number of methoxy groups -OCH3 is 1. The van der Waals surface area contributed by atoms with E-state index in [-0.39, 0.29) is 12.1 Å². The molecule has 0 spiro atoms. The van der Waals surface area contributed by atoms with Crippen molar-refractivity contribution >= 4 is 0 Å². The minimum atomic E-state index is -0.265. The third-order valence-corrected chi connectivity index (χ3v) is 3.40. The van der Waals surface area contributed by atoms with Gasteiger partial charge in [-0.1, -0.05) is 0 Å². The zero-order valence-corrected chi connectivity index (χ0v) is 13.1. The fourth-order valence-electron chi connectivity index (χ4n) is 2.38. The average Bonchev–Trinajstić information content (AvgIpc) is 2.87.